The van der Waals surface area contributed by atoms with Gasteiger partial charge in [-0.25, -0.2) is 0 Å². The monoisotopic (exact) mass is 379 g/mol. The number of aromatic nitrogens is 3. The van der Waals surface area contributed by atoms with Crippen LogP contribution in [-0.4, -0.2) is 15.0 Å². The van der Waals surface area contributed by atoms with Crippen molar-refractivity contribution in [3.05, 3.63) is 106 Å². The first-order chi connectivity index (χ1) is 14.2. The van der Waals surface area contributed by atoms with E-state index < -0.39 is 0 Å². The number of rotatable bonds is 0. The first kappa shape index (κ1) is 17.0. The minimum Gasteiger partial charge on any atom is -0.368 e. The number of fused-ring (bicyclic) bond motifs is 4. The third-order valence-electron chi connectivity index (χ3n) is 5.03. The van der Waals surface area contributed by atoms with Gasteiger partial charge in [0.25, 0.3) is 0 Å². The van der Waals surface area contributed by atoms with Gasteiger partial charge in [0.15, 0.2) is 10.9 Å². The Labute approximate surface area is 164 Å². The van der Waals surface area contributed by atoms with Crippen molar-refractivity contribution in [3.8, 4) is 0 Å². The molecule has 0 aliphatic carbocycles. The summed E-state index contributed by atoms with van der Waals surface area (Å²) < 4.78 is 0. The average Bonchev–Trinajstić information content (AvgIpc) is 3.34. The van der Waals surface area contributed by atoms with Crippen molar-refractivity contribution in [3.63, 3.8) is 0 Å². The van der Waals surface area contributed by atoms with Gasteiger partial charge in [0.1, 0.15) is 0 Å². The van der Waals surface area contributed by atoms with Crippen LogP contribution in [0.15, 0.2) is 94.8 Å². The van der Waals surface area contributed by atoms with Crippen LogP contribution in [0.2, 0.25) is 0 Å². The molecule has 3 N–H and O–H groups in total. The maximum Gasteiger partial charge on any atom is 0.197 e. The molecular weight excluding hydrogens is 362 g/mol. The minimum atomic E-state index is -0.0322. The molecular formula is C24H17N3O2. The van der Waals surface area contributed by atoms with Crippen LogP contribution in [0.3, 0.4) is 0 Å². The van der Waals surface area contributed by atoms with Crippen LogP contribution in [0, 0.1) is 0 Å². The fourth-order valence-corrected chi connectivity index (χ4v) is 3.62. The quantitative estimate of drug-likeness (QED) is 0.335. The van der Waals surface area contributed by atoms with Crippen molar-refractivity contribution in [2.24, 2.45) is 0 Å². The number of pyridine rings is 2. The van der Waals surface area contributed by atoms with E-state index in [-0.39, 0.29) is 10.9 Å². The molecule has 0 bridgehead atoms. The SMILES string of the molecule is O=c1c2ccccc2[nH]c2cc3c(=O)c4ccccc4[nH]c3cc12.c1cc[nH]c1. The van der Waals surface area contributed by atoms with Crippen LogP contribution in [0.1, 0.15) is 0 Å². The summed E-state index contributed by atoms with van der Waals surface area (Å²) in [7, 11) is 0. The van der Waals surface area contributed by atoms with Gasteiger partial charge in [-0.15, -0.1) is 0 Å². The summed E-state index contributed by atoms with van der Waals surface area (Å²) in [6.07, 6.45) is 3.75. The second kappa shape index (κ2) is 6.80. The normalized spacial score (nSPS) is 11.0. The lowest BCUT2D eigenvalue weighted by Crippen LogP contribution is -2.08. The molecule has 0 aliphatic rings. The molecule has 0 aliphatic heterocycles. The number of benzene rings is 3. The van der Waals surface area contributed by atoms with Crippen molar-refractivity contribution in [1.29, 1.82) is 0 Å². The molecule has 0 saturated carbocycles. The summed E-state index contributed by atoms with van der Waals surface area (Å²) in [5.74, 6) is 0. The highest BCUT2D eigenvalue weighted by atomic mass is 16.1. The Hall–Kier alpha value is -4.12. The molecule has 0 fully saturated rings. The number of aromatic amines is 3. The van der Waals surface area contributed by atoms with Gasteiger partial charge < -0.3 is 15.0 Å². The number of hydrogen-bond acceptors (Lipinski definition) is 2. The summed E-state index contributed by atoms with van der Waals surface area (Å²) in [5.41, 5.74) is 2.82. The largest absolute Gasteiger partial charge is 0.368 e. The van der Waals surface area contributed by atoms with Crippen LogP contribution < -0.4 is 10.9 Å². The first-order valence-electron chi connectivity index (χ1n) is 9.29. The van der Waals surface area contributed by atoms with Gasteiger partial charge in [0.05, 0.1) is 11.0 Å². The van der Waals surface area contributed by atoms with Crippen molar-refractivity contribution < 1.29 is 0 Å². The zero-order valence-electron chi connectivity index (χ0n) is 15.4. The van der Waals surface area contributed by atoms with Gasteiger partial charge >= 0.3 is 0 Å². The highest BCUT2D eigenvalue weighted by molar-refractivity contribution is 6.02. The molecule has 140 valence electrons. The molecule has 0 radical (unpaired) electrons. The van der Waals surface area contributed by atoms with Gasteiger partial charge in [0.2, 0.25) is 0 Å². The molecule has 5 nitrogen and oxygen atoms in total. The summed E-state index contributed by atoms with van der Waals surface area (Å²) in [4.78, 5) is 34.9. The highest BCUT2D eigenvalue weighted by Crippen LogP contribution is 2.21. The third-order valence-corrected chi connectivity index (χ3v) is 5.03. The van der Waals surface area contributed by atoms with E-state index in [1.807, 2.05) is 60.9 Å². The van der Waals surface area contributed by atoms with Gasteiger partial charge in [-0.3, -0.25) is 9.59 Å². The second-order valence-corrected chi connectivity index (χ2v) is 6.83. The van der Waals surface area contributed by atoms with E-state index >= 15 is 0 Å². The lowest BCUT2D eigenvalue weighted by Gasteiger charge is -2.06. The Kier molecular flexibility index (Phi) is 3.99. The van der Waals surface area contributed by atoms with Gasteiger partial charge in [-0.1, -0.05) is 24.3 Å². The van der Waals surface area contributed by atoms with Crippen LogP contribution in [0.25, 0.3) is 43.6 Å². The molecule has 6 rings (SSSR count). The molecule has 5 heteroatoms. The van der Waals surface area contributed by atoms with Crippen molar-refractivity contribution in [1.82, 2.24) is 15.0 Å². The van der Waals surface area contributed by atoms with E-state index in [1.54, 1.807) is 24.3 Å². The molecule has 0 spiro atoms. The standard InChI is InChI=1S/C20H12N2O2.C4H5N/c23-19-11-5-1-3-7-15(11)21-17-10-14-18(9-13(17)19)22-16-8-4-2-6-12(16)20(14)24;1-2-4-5-3-1/h1-10H,(H,21,23)(H,22,24);1-5H. The number of nitrogens with one attached hydrogen (secondary N) is 3. The van der Waals surface area contributed by atoms with Gasteiger partial charge in [-0.05, 0) is 48.5 Å². The van der Waals surface area contributed by atoms with Crippen LogP contribution in [0.5, 0.6) is 0 Å². The summed E-state index contributed by atoms with van der Waals surface area (Å²) in [6, 6.07) is 22.2. The van der Waals surface area contributed by atoms with E-state index in [4.69, 9.17) is 0 Å². The molecule has 0 saturated heterocycles. The smallest absolute Gasteiger partial charge is 0.197 e. The Morgan fingerprint density at radius 3 is 1.34 bits per heavy atom. The van der Waals surface area contributed by atoms with Crippen molar-refractivity contribution >= 4 is 43.6 Å². The topological polar surface area (TPSA) is 81.5 Å². The average molecular weight is 379 g/mol. The Bertz CT molecular complexity index is 1470. The number of para-hydroxylation sites is 2. The lowest BCUT2D eigenvalue weighted by molar-refractivity contribution is 1.42. The zero-order valence-corrected chi connectivity index (χ0v) is 15.4. The molecule has 3 aromatic heterocycles. The predicted octanol–water partition coefficient (Wildman–Crippen LogP) is 4.69. The molecule has 6 aromatic rings. The fraction of sp³-hybridized carbons (Fsp3) is 0. The maximum atomic E-state index is 12.8. The summed E-state index contributed by atoms with van der Waals surface area (Å²) >= 11 is 0. The van der Waals surface area contributed by atoms with E-state index in [2.05, 4.69) is 15.0 Å². The van der Waals surface area contributed by atoms with Crippen LogP contribution in [0.4, 0.5) is 0 Å². The second-order valence-electron chi connectivity index (χ2n) is 6.83. The zero-order chi connectivity index (χ0) is 19.8. The van der Waals surface area contributed by atoms with E-state index in [1.165, 1.54) is 0 Å². The summed E-state index contributed by atoms with van der Waals surface area (Å²) in [5, 5.41) is 2.44. The molecule has 0 atom stereocenters. The minimum absolute atomic E-state index is 0.0322. The van der Waals surface area contributed by atoms with Gasteiger partial charge in [-0.2, -0.15) is 0 Å². The number of H-pyrrole nitrogens is 3. The van der Waals surface area contributed by atoms with Crippen LogP contribution >= 0.6 is 0 Å². The van der Waals surface area contributed by atoms with E-state index in [0.29, 0.717) is 32.6 Å². The molecule has 3 aromatic carbocycles. The van der Waals surface area contributed by atoms with E-state index in [9.17, 15) is 9.59 Å². The number of hydrogen-bond donors (Lipinski definition) is 3. The molecule has 3 heterocycles. The third kappa shape index (κ3) is 2.89. The highest BCUT2D eigenvalue weighted by Gasteiger charge is 2.10. The molecule has 0 unspecified atom stereocenters. The van der Waals surface area contributed by atoms with Crippen molar-refractivity contribution in [2.75, 3.05) is 0 Å². The van der Waals surface area contributed by atoms with Crippen LogP contribution in [-0.2, 0) is 0 Å². The Morgan fingerprint density at radius 1 is 0.483 bits per heavy atom. The summed E-state index contributed by atoms with van der Waals surface area (Å²) in [6.45, 7) is 0. The van der Waals surface area contributed by atoms with Crippen molar-refractivity contribution in [2.45, 2.75) is 0 Å². The molecule has 29 heavy (non-hydrogen) atoms. The Morgan fingerprint density at radius 2 is 0.931 bits per heavy atom. The van der Waals surface area contributed by atoms with Gasteiger partial charge in [0, 0.05) is 45.0 Å². The Balaban J connectivity index is 0.000000319. The first-order valence-corrected chi connectivity index (χ1v) is 9.29. The fourth-order valence-electron chi connectivity index (χ4n) is 3.62. The molecule has 0 amide bonds. The predicted molar refractivity (Wildman–Crippen MR) is 119 cm³/mol. The maximum absolute atomic E-state index is 12.8. The van der Waals surface area contributed by atoms with E-state index in [0.717, 1.165) is 11.0 Å². The lowest BCUT2D eigenvalue weighted by atomic mass is 10.1.